The quantitative estimate of drug-likeness (QED) is 0.855. The Morgan fingerprint density at radius 3 is 2.88 bits per heavy atom. The molecule has 1 aromatic heterocycles. The summed E-state index contributed by atoms with van der Waals surface area (Å²) in [5, 5.41) is 12.2. The molecule has 0 radical (unpaired) electrons. The highest BCUT2D eigenvalue weighted by Gasteiger charge is 2.26. The lowest BCUT2D eigenvalue weighted by atomic mass is 10.1. The van der Waals surface area contributed by atoms with Gasteiger partial charge in [-0.1, -0.05) is 0 Å². The van der Waals surface area contributed by atoms with E-state index in [9.17, 15) is 14.7 Å². The van der Waals surface area contributed by atoms with E-state index in [-0.39, 0.29) is 18.1 Å². The lowest BCUT2D eigenvalue weighted by Gasteiger charge is -2.04. The predicted molar refractivity (Wildman–Crippen MR) is 63.8 cm³/mol. The number of thiophene rings is 1. The largest absolute Gasteiger partial charge is 0.478 e. The fraction of sp³-hybridized carbons (Fsp3) is 0.455. The van der Waals surface area contributed by atoms with Crippen LogP contribution in [0.5, 0.6) is 0 Å². The number of ether oxygens (including phenoxy) is 1. The minimum absolute atomic E-state index is 0.0678. The monoisotopic (exact) mass is 255 g/mol. The number of carbonyl (C=O) groups is 2. The van der Waals surface area contributed by atoms with Gasteiger partial charge in [0.1, 0.15) is 11.6 Å². The number of nitrogens with one attached hydrogen (secondary N) is 1. The van der Waals surface area contributed by atoms with E-state index < -0.39 is 5.97 Å². The van der Waals surface area contributed by atoms with E-state index in [4.69, 9.17) is 4.74 Å². The minimum Gasteiger partial charge on any atom is -0.478 e. The summed E-state index contributed by atoms with van der Waals surface area (Å²) in [6.07, 6.45) is 2.68. The van der Waals surface area contributed by atoms with Crippen molar-refractivity contribution >= 4 is 28.2 Å². The molecule has 92 valence electrons. The lowest BCUT2D eigenvalue weighted by Crippen LogP contribution is -2.18. The van der Waals surface area contributed by atoms with Gasteiger partial charge in [-0.15, -0.1) is 11.3 Å². The van der Waals surface area contributed by atoms with E-state index in [1.165, 1.54) is 18.4 Å². The number of amides is 1. The molecule has 1 aromatic rings. The fourth-order valence-corrected chi connectivity index (χ4v) is 3.31. The maximum atomic E-state index is 11.4. The number of aryl methyl sites for hydroxylation is 1. The van der Waals surface area contributed by atoms with E-state index in [1.807, 2.05) is 0 Å². The third-order valence-corrected chi connectivity index (χ3v) is 3.87. The molecular weight excluding hydrogens is 242 g/mol. The first-order valence-electron chi connectivity index (χ1n) is 5.30. The zero-order valence-corrected chi connectivity index (χ0v) is 10.2. The maximum Gasteiger partial charge on any atom is 0.339 e. The Labute approximate surface area is 102 Å². The van der Waals surface area contributed by atoms with Crippen LogP contribution in [0.15, 0.2) is 0 Å². The van der Waals surface area contributed by atoms with Crippen molar-refractivity contribution < 1.29 is 19.4 Å². The maximum absolute atomic E-state index is 11.4. The molecule has 1 aliphatic rings. The number of carboxylic acids is 1. The molecule has 1 amide bonds. The Hall–Kier alpha value is -1.40. The molecule has 0 bridgehead atoms. The van der Waals surface area contributed by atoms with Crippen LogP contribution in [-0.2, 0) is 22.4 Å². The number of carbonyl (C=O) groups excluding carboxylic acids is 1. The molecule has 0 unspecified atom stereocenters. The molecule has 0 saturated carbocycles. The fourth-order valence-electron chi connectivity index (χ4n) is 2.01. The molecule has 0 saturated heterocycles. The van der Waals surface area contributed by atoms with Crippen molar-refractivity contribution in [1.82, 2.24) is 0 Å². The van der Waals surface area contributed by atoms with E-state index in [1.54, 1.807) is 0 Å². The number of rotatable bonds is 4. The van der Waals surface area contributed by atoms with Crippen molar-refractivity contribution in [2.75, 3.05) is 19.0 Å². The summed E-state index contributed by atoms with van der Waals surface area (Å²) in [5.41, 5.74) is 1.14. The molecule has 5 nitrogen and oxygen atoms in total. The zero-order chi connectivity index (χ0) is 12.4. The standard InChI is InChI=1S/C11H13NO4S/c1-16-5-8(13)12-10-9(11(14)15)6-3-2-4-7(6)17-10/h2-5H2,1H3,(H,12,13)(H,14,15). The molecule has 1 heterocycles. The molecule has 0 aliphatic heterocycles. The van der Waals surface area contributed by atoms with Crippen molar-refractivity contribution in [3.63, 3.8) is 0 Å². The van der Waals surface area contributed by atoms with Gasteiger partial charge in [-0.2, -0.15) is 0 Å². The number of anilines is 1. The molecular formula is C11H13NO4S. The van der Waals surface area contributed by atoms with Gasteiger partial charge in [0.2, 0.25) is 0 Å². The first kappa shape index (κ1) is 12.1. The number of carboxylic acid groups (broad SMARTS) is 1. The van der Waals surface area contributed by atoms with Gasteiger partial charge in [0, 0.05) is 12.0 Å². The van der Waals surface area contributed by atoms with Crippen LogP contribution < -0.4 is 5.32 Å². The predicted octanol–water partition coefficient (Wildman–Crippen LogP) is 1.52. The summed E-state index contributed by atoms with van der Waals surface area (Å²) in [6, 6.07) is 0. The van der Waals surface area contributed by atoms with Gasteiger partial charge < -0.3 is 15.2 Å². The normalized spacial score (nSPS) is 13.5. The first-order chi connectivity index (χ1) is 8.13. The van der Waals surface area contributed by atoms with E-state index >= 15 is 0 Å². The second-order valence-corrected chi connectivity index (χ2v) is 4.95. The van der Waals surface area contributed by atoms with Gasteiger partial charge >= 0.3 is 5.97 Å². The second kappa shape index (κ2) is 4.85. The van der Waals surface area contributed by atoms with Crippen molar-refractivity contribution in [3.8, 4) is 0 Å². The number of methoxy groups -OCH3 is 1. The Kier molecular flexibility index (Phi) is 3.44. The number of hydrogen-bond donors (Lipinski definition) is 2. The van der Waals surface area contributed by atoms with Gasteiger partial charge in [-0.3, -0.25) is 4.79 Å². The second-order valence-electron chi connectivity index (χ2n) is 3.85. The van der Waals surface area contributed by atoms with Crippen LogP contribution in [0.1, 0.15) is 27.2 Å². The summed E-state index contributed by atoms with van der Waals surface area (Å²) < 4.78 is 4.70. The van der Waals surface area contributed by atoms with E-state index in [0.717, 1.165) is 29.7 Å². The molecule has 2 rings (SSSR count). The summed E-state index contributed by atoms with van der Waals surface area (Å²) >= 11 is 1.36. The van der Waals surface area contributed by atoms with E-state index in [2.05, 4.69) is 5.32 Å². The van der Waals surface area contributed by atoms with Crippen molar-refractivity contribution in [2.45, 2.75) is 19.3 Å². The molecule has 0 spiro atoms. The average Bonchev–Trinajstić information content (AvgIpc) is 2.76. The molecule has 2 N–H and O–H groups in total. The Bertz CT molecular complexity index is 466. The smallest absolute Gasteiger partial charge is 0.339 e. The minimum atomic E-state index is -0.975. The van der Waals surface area contributed by atoms with Gasteiger partial charge in [-0.05, 0) is 24.8 Å². The Morgan fingerprint density at radius 2 is 2.24 bits per heavy atom. The summed E-state index contributed by atoms with van der Waals surface area (Å²) in [6.45, 7) is -0.0678. The molecule has 0 atom stereocenters. The number of aromatic carboxylic acids is 1. The molecule has 17 heavy (non-hydrogen) atoms. The van der Waals surface area contributed by atoms with Crippen LogP contribution in [0.3, 0.4) is 0 Å². The van der Waals surface area contributed by atoms with Crippen LogP contribution >= 0.6 is 11.3 Å². The topological polar surface area (TPSA) is 75.6 Å². The van der Waals surface area contributed by atoms with Crippen LogP contribution in [0.25, 0.3) is 0 Å². The Morgan fingerprint density at radius 1 is 1.47 bits per heavy atom. The van der Waals surface area contributed by atoms with Crippen LogP contribution in [0.4, 0.5) is 5.00 Å². The third-order valence-electron chi connectivity index (χ3n) is 2.66. The van der Waals surface area contributed by atoms with Crippen molar-refractivity contribution in [1.29, 1.82) is 0 Å². The molecule has 6 heteroatoms. The highest BCUT2D eigenvalue weighted by atomic mass is 32.1. The SMILES string of the molecule is COCC(=O)Nc1sc2c(c1C(=O)O)CCC2. The Balaban J connectivity index is 2.28. The highest BCUT2D eigenvalue weighted by molar-refractivity contribution is 7.17. The number of fused-ring (bicyclic) bond motifs is 1. The summed E-state index contributed by atoms with van der Waals surface area (Å²) in [5.74, 6) is -1.30. The van der Waals surface area contributed by atoms with Gasteiger partial charge in [-0.25, -0.2) is 4.79 Å². The number of hydrogen-bond acceptors (Lipinski definition) is 4. The first-order valence-corrected chi connectivity index (χ1v) is 6.11. The zero-order valence-electron chi connectivity index (χ0n) is 9.41. The van der Waals surface area contributed by atoms with Crippen LogP contribution in [0, 0.1) is 0 Å². The van der Waals surface area contributed by atoms with Crippen molar-refractivity contribution in [3.05, 3.63) is 16.0 Å². The van der Waals surface area contributed by atoms with Crippen LogP contribution in [-0.4, -0.2) is 30.7 Å². The average molecular weight is 255 g/mol. The summed E-state index contributed by atoms with van der Waals surface area (Å²) in [7, 11) is 1.42. The van der Waals surface area contributed by atoms with Gasteiger partial charge in [0.05, 0.1) is 5.56 Å². The highest BCUT2D eigenvalue weighted by Crippen LogP contribution is 2.38. The van der Waals surface area contributed by atoms with Gasteiger partial charge in [0.25, 0.3) is 5.91 Å². The molecule has 0 aromatic carbocycles. The lowest BCUT2D eigenvalue weighted by molar-refractivity contribution is -0.119. The molecule has 1 aliphatic carbocycles. The molecule has 0 fully saturated rings. The van der Waals surface area contributed by atoms with Gasteiger partial charge in [0.15, 0.2) is 0 Å². The van der Waals surface area contributed by atoms with Crippen LogP contribution in [0.2, 0.25) is 0 Å². The summed E-state index contributed by atoms with van der Waals surface area (Å²) in [4.78, 5) is 23.7. The van der Waals surface area contributed by atoms with Crippen molar-refractivity contribution in [2.24, 2.45) is 0 Å². The third kappa shape index (κ3) is 2.32. The van der Waals surface area contributed by atoms with E-state index in [0.29, 0.717) is 5.00 Å².